The zero-order valence-electron chi connectivity index (χ0n) is 26.2. The van der Waals surface area contributed by atoms with Crippen LogP contribution in [0.2, 0.25) is 0 Å². The van der Waals surface area contributed by atoms with Crippen molar-refractivity contribution in [2.24, 2.45) is 0 Å². The van der Waals surface area contributed by atoms with Crippen LogP contribution >= 0.6 is 0 Å². The fourth-order valence-electron chi connectivity index (χ4n) is 4.92. The Kier molecular flexibility index (Phi) is 11.4. The van der Waals surface area contributed by atoms with Gasteiger partial charge in [0, 0.05) is 19.0 Å². The predicted molar refractivity (Wildman–Crippen MR) is 178 cm³/mol. The fraction of sp³-hybridized carbons (Fsp3) is 0.278. The van der Waals surface area contributed by atoms with E-state index in [9.17, 15) is 18.0 Å². The summed E-state index contributed by atoms with van der Waals surface area (Å²) in [7, 11) is -2.58. The summed E-state index contributed by atoms with van der Waals surface area (Å²) in [5.74, 6) is -0.216. The number of nitrogens with one attached hydrogen (secondary N) is 1. The molecule has 45 heavy (non-hydrogen) atoms. The standard InChI is InChI=1S/C36H41N3O5S/c1-5-28(3)37-36(41)34(24-29-13-8-6-9-14-29)38(25-30-15-12-16-32(23-30)44-4)35(40)26-39(31-21-19-27(2)20-22-31)45(42,43)33-17-10-7-11-18-33/h6-23,28,34H,5,24-26H2,1-4H3,(H,37,41)/t28-,34+/m1/s1. The lowest BCUT2D eigenvalue weighted by Crippen LogP contribution is -2.54. The minimum Gasteiger partial charge on any atom is -0.497 e. The predicted octanol–water partition coefficient (Wildman–Crippen LogP) is 5.75. The van der Waals surface area contributed by atoms with Crippen LogP contribution in [0.25, 0.3) is 0 Å². The molecule has 4 aromatic rings. The molecule has 0 aliphatic heterocycles. The quantitative estimate of drug-likeness (QED) is 0.192. The van der Waals surface area contributed by atoms with Gasteiger partial charge in [-0.3, -0.25) is 13.9 Å². The number of benzene rings is 4. The monoisotopic (exact) mass is 627 g/mol. The first kappa shape index (κ1) is 33.3. The second-order valence-electron chi connectivity index (χ2n) is 11.1. The van der Waals surface area contributed by atoms with Crippen LogP contribution in [0.15, 0.2) is 114 Å². The van der Waals surface area contributed by atoms with Gasteiger partial charge in [-0.2, -0.15) is 0 Å². The first-order valence-electron chi connectivity index (χ1n) is 15.0. The van der Waals surface area contributed by atoms with Crippen molar-refractivity contribution in [1.29, 1.82) is 0 Å². The van der Waals surface area contributed by atoms with E-state index in [0.29, 0.717) is 17.9 Å². The molecule has 0 aliphatic carbocycles. The van der Waals surface area contributed by atoms with Crippen LogP contribution < -0.4 is 14.4 Å². The second-order valence-corrected chi connectivity index (χ2v) is 12.9. The number of nitrogens with zero attached hydrogens (tertiary/aromatic N) is 2. The van der Waals surface area contributed by atoms with Gasteiger partial charge in [0.15, 0.2) is 0 Å². The van der Waals surface area contributed by atoms with Crippen molar-refractivity contribution in [3.8, 4) is 5.75 Å². The molecule has 0 bridgehead atoms. The smallest absolute Gasteiger partial charge is 0.264 e. The summed E-state index contributed by atoms with van der Waals surface area (Å²) >= 11 is 0. The summed E-state index contributed by atoms with van der Waals surface area (Å²) in [5, 5.41) is 3.05. The summed E-state index contributed by atoms with van der Waals surface area (Å²) in [6.45, 7) is 5.35. The molecule has 1 N–H and O–H groups in total. The number of methoxy groups -OCH3 is 1. The van der Waals surface area contributed by atoms with E-state index >= 15 is 0 Å². The molecular weight excluding hydrogens is 586 g/mol. The summed E-state index contributed by atoms with van der Waals surface area (Å²) in [6, 6.07) is 30.8. The van der Waals surface area contributed by atoms with E-state index in [1.165, 1.54) is 17.0 Å². The zero-order valence-corrected chi connectivity index (χ0v) is 27.0. The van der Waals surface area contributed by atoms with Crippen LogP contribution in [0.4, 0.5) is 5.69 Å². The number of sulfonamides is 1. The third kappa shape index (κ3) is 8.73. The van der Waals surface area contributed by atoms with Gasteiger partial charge in [-0.1, -0.05) is 85.3 Å². The number of carbonyl (C=O) groups is 2. The average molecular weight is 628 g/mol. The number of aryl methyl sites for hydroxylation is 1. The van der Waals surface area contributed by atoms with E-state index in [-0.39, 0.29) is 29.8 Å². The summed E-state index contributed by atoms with van der Waals surface area (Å²) in [4.78, 5) is 30.0. The minimum atomic E-state index is -4.14. The van der Waals surface area contributed by atoms with Crippen LogP contribution in [0, 0.1) is 6.92 Å². The number of anilines is 1. The van der Waals surface area contributed by atoms with Gasteiger partial charge in [0.05, 0.1) is 17.7 Å². The highest BCUT2D eigenvalue weighted by atomic mass is 32.2. The topological polar surface area (TPSA) is 96.0 Å². The van der Waals surface area contributed by atoms with Gasteiger partial charge in [0.2, 0.25) is 11.8 Å². The van der Waals surface area contributed by atoms with Crippen LogP contribution in [0.1, 0.15) is 37.0 Å². The Labute approximate surface area is 266 Å². The number of hydrogen-bond acceptors (Lipinski definition) is 5. The fourth-order valence-corrected chi connectivity index (χ4v) is 6.36. The minimum absolute atomic E-state index is 0.0630. The molecule has 8 nitrogen and oxygen atoms in total. The molecule has 0 aromatic heterocycles. The largest absolute Gasteiger partial charge is 0.497 e. The highest BCUT2D eigenvalue weighted by molar-refractivity contribution is 7.92. The first-order valence-corrected chi connectivity index (χ1v) is 16.5. The van der Waals surface area contributed by atoms with Crippen molar-refractivity contribution in [3.63, 3.8) is 0 Å². The highest BCUT2D eigenvalue weighted by Crippen LogP contribution is 2.26. The maximum Gasteiger partial charge on any atom is 0.264 e. The molecule has 236 valence electrons. The third-order valence-corrected chi connectivity index (χ3v) is 9.48. The van der Waals surface area contributed by atoms with Crippen LogP contribution in [0.5, 0.6) is 5.75 Å². The molecular formula is C36H41N3O5S. The lowest BCUT2D eigenvalue weighted by Gasteiger charge is -2.34. The molecule has 4 aromatic carbocycles. The van der Waals surface area contributed by atoms with Crippen molar-refractivity contribution in [2.75, 3.05) is 18.0 Å². The summed E-state index contributed by atoms with van der Waals surface area (Å²) in [5.41, 5.74) is 2.91. The van der Waals surface area contributed by atoms with E-state index in [4.69, 9.17) is 4.74 Å². The normalized spacial score (nSPS) is 12.5. The molecule has 2 amide bonds. The molecule has 0 aliphatic rings. The van der Waals surface area contributed by atoms with Gasteiger partial charge in [-0.25, -0.2) is 8.42 Å². The molecule has 0 saturated heterocycles. The SMILES string of the molecule is CC[C@@H](C)NC(=O)[C@H](Cc1ccccc1)N(Cc1cccc(OC)c1)C(=O)CN(c1ccc(C)cc1)S(=O)(=O)c1ccccc1. The van der Waals surface area contributed by atoms with E-state index in [1.54, 1.807) is 55.6 Å². The molecule has 0 heterocycles. The summed E-state index contributed by atoms with van der Waals surface area (Å²) in [6.07, 6.45) is 0.957. The Balaban J connectivity index is 1.81. The number of rotatable bonds is 14. The van der Waals surface area contributed by atoms with Crippen molar-refractivity contribution >= 4 is 27.5 Å². The van der Waals surface area contributed by atoms with Gasteiger partial charge >= 0.3 is 0 Å². The lowest BCUT2D eigenvalue weighted by molar-refractivity contribution is -0.140. The molecule has 0 saturated carbocycles. The van der Waals surface area contributed by atoms with E-state index in [2.05, 4.69) is 5.32 Å². The Morgan fingerprint density at radius 1 is 0.844 bits per heavy atom. The van der Waals surface area contributed by atoms with Gasteiger partial charge in [0.25, 0.3) is 10.0 Å². The van der Waals surface area contributed by atoms with Crippen LogP contribution in [0.3, 0.4) is 0 Å². The van der Waals surface area contributed by atoms with E-state index in [0.717, 1.165) is 21.0 Å². The number of carbonyl (C=O) groups excluding carboxylic acids is 2. The molecule has 2 atom stereocenters. The molecule has 0 fully saturated rings. The van der Waals surface area contributed by atoms with Gasteiger partial charge < -0.3 is 15.0 Å². The summed E-state index contributed by atoms with van der Waals surface area (Å²) < 4.78 is 34.7. The van der Waals surface area contributed by atoms with E-state index < -0.39 is 28.5 Å². The maximum absolute atomic E-state index is 14.5. The molecule has 9 heteroatoms. The number of amides is 2. The first-order chi connectivity index (χ1) is 21.6. The Morgan fingerprint density at radius 3 is 2.09 bits per heavy atom. The van der Waals surface area contributed by atoms with Gasteiger partial charge in [0.1, 0.15) is 18.3 Å². The van der Waals surface area contributed by atoms with Gasteiger partial charge in [-0.05, 0) is 67.8 Å². The molecule has 0 spiro atoms. The van der Waals surface area contributed by atoms with Crippen LogP contribution in [-0.4, -0.2) is 50.9 Å². The third-order valence-electron chi connectivity index (χ3n) is 7.69. The number of hydrogen-bond donors (Lipinski definition) is 1. The highest BCUT2D eigenvalue weighted by Gasteiger charge is 2.35. The second kappa shape index (κ2) is 15.4. The number of ether oxygens (including phenoxy) is 1. The van der Waals surface area contributed by atoms with Crippen LogP contribution in [-0.2, 0) is 32.6 Å². The van der Waals surface area contributed by atoms with Crippen molar-refractivity contribution in [3.05, 3.63) is 126 Å². The molecule has 4 rings (SSSR count). The van der Waals surface area contributed by atoms with Crippen molar-refractivity contribution in [1.82, 2.24) is 10.2 Å². The van der Waals surface area contributed by atoms with Crippen molar-refractivity contribution in [2.45, 2.75) is 57.1 Å². The Hall–Kier alpha value is -4.63. The molecule has 0 radical (unpaired) electrons. The Bertz CT molecular complexity index is 1660. The van der Waals surface area contributed by atoms with E-state index in [1.807, 2.05) is 69.3 Å². The Morgan fingerprint density at radius 2 is 1.47 bits per heavy atom. The molecule has 0 unspecified atom stereocenters. The van der Waals surface area contributed by atoms with Gasteiger partial charge in [-0.15, -0.1) is 0 Å². The lowest BCUT2D eigenvalue weighted by atomic mass is 10.0. The average Bonchev–Trinajstić information content (AvgIpc) is 3.06. The van der Waals surface area contributed by atoms with Crippen molar-refractivity contribution < 1.29 is 22.7 Å². The zero-order chi connectivity index (χ0) is 32.4. The maximum atomic E-state index is 14.5.